The van der Waals surface area contributed by atoms with Gasteiger partial charge in [0.1, 0.15) is 11.9 Å². The number of nitrogens with zero attached hydrogens (tertiary/aromatic N) is 1. The monoisotopic (exact) mass is 371 g/mol. The van der Waals surface area contributed by atoms with Crippen LogP contribution in [-0.2, 0) is 6.42 Å². The van der Waals surface area contributed by atoms with E-state index in [9.17, 15) is 0 Å². The summed E-state index contributed by atoms with van der Waals surface area (Å²) < 4.78 is 6.42. The van der Waals surface area contributed by atoms with Crippen molar-refractivity contribution in [2.24, 2.45) is 0 Å². The van der Waals surface area contributed by atoms with Gasteiger partial charge < -0.3 is 9.64 Å². The van der Waals surface area contributed by atoms with Crippen molar-refractivity contribution in [3.63, 3.8) is 0 Å². The quantitative estimate of drug-likeness (QED) is 0.444. The molecule has 1 unspecified atom stereocenters. The minimum absolute atomic E-state index is 0.00859. The summed E-state index contributed by atoms with van der Waals surface area (Å²) >= 11 is 0. The van der Waals surface area contributed by atoms with E-state index in [-0.39, 0.29) is 6.10 Å². The molecule has 0 aliphatic rings. The molecule has 0 saturated heterocycles. The highest BCUT2D eigenvalue weighted by atomic mass is 16.5. The Morgan fingerprint density at radius 2 is 1.50 bits per heavy atom. The molecule has 28 heavy (non-hydrogen) atoms. The van der Waals surface area contributed by atoms with Crippen molar-refractivity contribution in [3.05, 3.63) is 114 Å². The van der Waals surface area contributed by atoms with Gasteiger partial charge in [0.15, 0.2) is 0 Å². The average Bonchev–Trinajstić information content (AvgIpc) is 2.73. The Morgan fingerprint density at radius 3 is 2.18 bits per heavy atom. The number of rotatable bonds is 9. The Kier molecular flexibility index (Phi) is 6.91. The fraction of sp³-hybridized carbons (Fsp3) is 0.231. The summed E-state index contributed by atoms with van der Waals surface area (Å²) in [5, 5.41) is 0. The van der Waals surface area contributed by atoms with Gasteiger partial charge in [-0.2, -0.15) is 0 Å². The van der Waals surface area contributed by atoms with Crippen LogP contribution in [0.5, 0.6) is 5.75 Å². The second kappa shape index (κ2) is 9.80. The van der Waals surface area contributed by atoms with E-state index in [4.69, 9.17) is 4.74 Å². The number of hydrogen-bond acceptors (Lipinski definition) is 2. The van der Waals surface area contributed by atoms with Crippen LogP contribution in [0.1, 0.15) is 29.2 Å². The van der Waals surface area contributed by atoms with Crippen LogP contribution in [0.4, 0.5) is 0 Å². The number of likely N-dealkylation sites (N-methyl/N-ethyl adjacent to an activating group) is 1. The maximum atomic E-state index is 6.42. The topological polar surface area (TPSA) is 12.5 Å². The van der Waals surface area contributed by atoms with Crippen LogP contribution < -0.4 is 4.74 Å². The van der Waals surface area contributed by atoms with Crippen molar-refractivity contribution in [1.29, 1.82) is 0 Å². The van der Waals surface area contributed by atoms with Gasteiger partial charge in [-0.05, 0) is 29.7 Å². The average molecular weight is 372 g/mol. The first-order valence-corrected chi connectivity index (χ1v) is 9.83. The van der Waals surface area contributed by atoms with Gasteiger partial charge in [-0.15, -0.1) is 0 Å². The van der Waals surface area contributed by atoms with Gasteiger partial charge in [-0.3, -0.25) is 0 Å². The van der Waals surface area contributed by atoms with Crippen LogP contribution in [-0.4, -0.2) is 18.5 Å². The molecule has 0 fully saturated rings. The highest BCUT2D eigenvalue weighted by Gasteiger charge is 2.16. The molecule has 0 amide bonds. The Labute approximate surface area is 169 Å². The zero-order valence-electron chi connectivity index (χ0n) is 16.8. The second-order valence-corrected chi connectivity index (χ2v) is 7.22. The van der Waals surface area contributed by atoms with E-state index in [0.717, 1.165) is 36.4 Å². The molecular formula is C26H29NO. The molecule has 0 spiro atoms. The minimum Gasteiger partial charge on any atom is -0.485 e. The fourth-order valence-corrected chi connectivity index (χ4v) is 3.24. The molecular weight excluding hydrogens is 342 g/mol. The first-order valence-electron chi connectivity index (χ1n) is 9.83. The van der Waals surface area contributed by atoms with E-state index in [2.05, 4.69) is 80.0 Å². The molecule has 0 radical (unpaired) electrons. The van der Waals surface area contributed by atoms with Crippen molar-refractivity contribution >= 4 is 0 Å². The Balaban J connectivity index is 1.66. The van der Waals surface area contributed by atoms with Crippen LogP contribution in [0.25, 0.3) is 0 Å². The summed E-state index contributed by atoms with van der Waals surface area (Å²) in [6.07, 6.45) is 1.77. The van der Waals surface area contributed by atoms with Crippen LogP contribution >= 0.6 is 0 Å². The number of para-hydroxylation sites is 1. The van der Waals surface area contributed by atoms with Gasteiger partial charge >= 0.3 is 0 Å². The molecule has 0 saturated carbocycles. The molecule has 144 valence electrons. The third-order valence-electron chi connectivity index (χ3n) is 5.05. The van der Waals surface area contributed by atoms with Gasteiger partial charge in [0, 0.05) is 32.1 Å². The molecule has 2 heteroatoms. The van der Waals surface area contributed by atoms with Crippen molar-refractivity contribution in [2.45, 2.75) is 25.9 Å². The molecule has 0 heterocycles. The summed E-state index contributed by atoms with van der Waals surface area (Å²) in [5.74, 6) is 0.946. The lowest BCUT2D eigenvalue weighted by molar-refractivity contribution is 0.179. The third-order valence-corrected chi connectivity index (χ3v) is 5.05. The van der Waals surface area contributed by atoms with Crippen molar-refractivity contribution < 1.29 is 4.74 Å². The normalized spacial score (nSPS) is 11.6. The first kappa shape index (κ1) is 19.8. The molecule has 0 bridgehead atoms. The van der Waals surface area contributed by atoms with Crippen molar-refractivity contribution in [3.8, 4) is 5.75 Å². The Morgan fingerprint density at radius 1 is 0.893 bits per heavy atom. The lowest BCUT2D eigenvalue weighted by Gasteiger charge is -2.26. The predicted octanol–water partition coefficient (Wildman–Crippen LogP) is 6.19. The molecule has 3 rings (SSSR count). The lowest BCUT2D eigenvalue weighted by atomic mass is 10.1. The molecule has 2 nitrogen and oxygen atoms in total. The largest absolute Gasteiger partial charge is 0.485 e. The highest BCUT2D eigenvalue weighted by Crippen LogP contribution is 2.27. The maximum Gasteiger partial charge on any atom is 0.125 e. The van der Waals surface area contributed by atoms with Crippen LogP contribution in [0.15, 0.2) is 97.2 Å². The molecule has 0 N–H and O–H groups in total. The molecule has 3 aromatic rings. The maximum absolute atomic E-state index is 6.42. The molecule has 0 aliphatic heterocycles. The lowest BCUT2D eigenvalue weighted by Crippen LogP contribution is -2.23. The van der Waals surface area contributed by atoms with E-state index in [0.29, 0.717) is 0 Å². The van der Waals surface area contributed by atoms with Gasteiger partial charge in [0.05, 0.1) is 0 Å². The highest BCUT2D eigenvalue weighted by molar-refractivity contribution is 5.33. The second-order valence-electron chi connectivity index (χ2n) is 7.22. The Bertz CT molecular complexity index is 873. The summed E-state index contributed by atoms with van der Waals surface area (Å²) in [6.45, 7) is 7.26. The van der Waals surface area contributed by atoms with Crippen LogP contribution in [0.2, 0.25) is 0 Å². The number of aryl methyl sites for hydroxylation is 1. The first-order chi connectivity index (χ1) is 13.6. The third kappa shape index (κ3) is 5.50. The smallest absolute Gasteiger partial charge is 0.125 e. The van der Waals surface area contributed by atoms with E-state index < -0.39 is 0 Å². The summed E-state index contributed by atoms with van der Waals surface area (Å²) in [4.78, 5) is 2.24. The molecule has 0 aromatic heterocycles. The molecule has 1 atom stereocenters. The summed E-state index contributed by atoms with van der Waals surface area (Å²) in [5.41, 5.74) is 4.77. The van der Waals surface area contributed by atoms with Gasteiger partial charge in [0.2, 0.25) is 0 Å². The SMILES string of the molecule is C=C(Cc1ccccc1)N(C)CCC(Oc1ccccc1C)c1ccccc1. The zero-order valence-corrected chi connectivity index (χ0v) is 16.8. The standard InChI is InChI=1S/C26H29NO/c1-21-12-10-11-17-25(21)28-26(24-15-8-5-9-16-24)18-19-27(3)22(2)20-23-13-6-4-7-14-23/h4-17,26H,2,18-20H2,1,3H3. The molecule has 0 aliphatic carbocycles. The number of ether oxygens (including phenoxy) is 1. The summed E-state index contributed by atoms with van der Waals surface area (Å²) in [6, 6.07) is 29.2. The number of benzene rings is 3. The van der Waals surface area contributed by atoms with Crippen molar-refractivity contribution in [2.75, 3.05) is 13.6 Å². The molecule has 3 aromatic carbocycles. The Hall–Kier alpha value is -3.00. The van der Waals surface area contributed by atoms with E-state index in [1.807, 2.05) is 30.3 Å². The zero-order chi connectivity index (χ0) is 19.8. The minimum atomic E-state index is 0.00859. The fourth-order valence-electron chi connectivity index (χ4n) is 3.24. The predicted molar refractivity (Wildman–Crippen MR) is 118 cm³/mol. The van der Waals surface area contributed by atoms with Gasteiger partial charge in [-0.1, -0.05) is 85.4 Å². The number of allylic oxidation sites excluding steroid dienone is 1. The van der Waals surface area contributed by atoms with Gasteiger partial charge in [0.25, 0.3) is 0 Å². The number of hydrogen-bond donors (Lipinski definition) is 0. The van der Waals surface area contributed by atoms with E-state index in [1.54, 1.807) is 0 Å². The van der Waals surface area contributed by atoms with Crippen LogP contribution in [0.3, 0.4) is 0 Å². The van der Waals surface area contributed by atoms with Crippen molar-refractivity contribution in [1.82, 2.24) is 4.90 Å². The van der Waals surface area contributed by atoms with Crippen LogP contribution in [0, 0.1) is 6.92 Å². The van der Waals surface area contributed by atoms with E-state index in [1.165, 1.54) is 11.1 Å². The van der Waals surface area contributed by atoms with E-state index >= 15 is 0 Å². The summed E-state index contributed by atoms with van der Waals surface area (Å²) in [7, 11) is 2.11. The van der Waals surface area contributed by atoms with Gasteiger partial charge in [-0.25, -0.2) is 0 Å².